The molecule has 2 rings (SSSR count). The summed E-state index contributed by atoms with van der Waals surface area (Å²) >= 11 is 0. The number of carbonyl (C=O) groups is 2. The molecule has 18 heavy (non-hydrogen) atoms. The SMILES string of the molecule is O=C(O)C1CCCN1C(=O)Cn1cccnc1=O. The quantitative estimate of drug-likeness (QED) is 0.768. The number of amides is 1. The smallest absolute Gasteiger partial charge is 0.347 e. The fourth-order valence-corrected chi connectivity index (χ4v) is 2.07. The number of nitrogens with zero attached hydrogens (tertiary/aromatic N) is 3. The number of aliphatic carboxylic acids is 1. The number of carboxylic acids is 1. The number of hydrogen-bond acceptors (Lipinski definition) is 4. The minimum atomic E-state index is -1.00. The van der Waals surface area contributed by atoms with E-state index in [1.54, 1.807) is 6.07 Å². The van der Waals surface area contributed by atoms with Gasteiger partial charge in [0, 0.05) is 18.9 Å². The van der Waals surface area contributed by atoms with Crippen LogP contribution in [0.15, 0.2) is 23.3 Å². The number of aromatic nitrogens is 2. The first-order valence-electron chi connectivity index (χ1n) is 5.63. The molecule has 0 saturated carbocycles. The third kappa shape index (κ3) is 2.39. The van der Waals surface area contributed by atoms with Crippen molar-refractivity contribution in [2.75, 3.05) is 6.54 Å². The molecule has 0 aliphatic carbocycles. The molecule has 0 aromatic carbocycles. The molecule has 1 saturated heterocycles. The van der Waals surface area contributed by atoms with Gasteiger partial charge in [-0.25, -0.2) is 14.6 Å². The molecule has 1 fully saturated rings. The Labute approximate surface area is 103 Å². The van der Waals surface area contributed by atoms with E-state index in [0.29, 0.717) is 19.4 Å². The molecule has 1 aliphatic rings. The van der Waals surface area contributed by atoms with E-state index in [-0.39, 0.29) is 12.5 Å². The van der Waals surface area contributed by atoms with Crippen LogP contribution in [0.25, 0.3) is 0 Å². The van der Waals surface area contributed by atoms with E-state index in [2.05, 4.69) is 4.98 Å². The van der Waals surface area contributed by atoms with Crippen molar-refractivity contribution < 1.29 is 14.7 Å². The summed E-state index contributed by atoms with van der Waals surface area (Å²) in [5.74, 6) is -1.37. The third-order valence-corrected chi connectivity index (χ3v) is 2.95. The van der Waals surface area contributed by atoms with Gasteiger partial charge in [-0.2, -0.15) is 0 Å². The number of likely N-dealkylation sites (tertiary alicyclic amines) is 1. The summed E-state index contributed by atoms with van der Waals surface area (Å²) in [6, 6.07) is 0.776. The zero-order chi connectivity index (χ0) is 13.1. The summed E-state index contributed by atoms with van der Waals surface area (Å²) in [4.78, 5) is 39.1. The number of rotatable bonds is 3. The van der Waals surface area contributed by atoms with Gasteiger partial charge in [0.25, 0.3) is 0 Å². The van der Waals surface area contributed by atoms with Crippen molar-refractivity contribution in [2.45, 2.75) is 25.4 Å². The van der Waals surface area contributed by atoms with Crippen molar-refractivity contribution in [2.24, 2.45) is 0 Å². The molecule has 7 heteroatoms. The lowest BCUT2D eigenvalue weighted by Crippen LogP contribution is -2.43. The Morgan fingerprint density at radius 3 is 2.94 bits per heavy atom. The van der Waals surface area contributed by atoms with Gasteiger partial charge in [0.05, 0.1) is 0 Å². The van der Waals surface area contributed by atoms with Crippen molar-refractivity contribution in [3.8, 4) is 0 Å². The predicted molar refractivity (Wildman–Crippen MR) is 60.9 cm³/mol. The highest BCUT2D eigenvalue weighted by Gasteiger charge is 2.33. The maximum Gasteiger partial charge on any atom is 0.347 e. The second-order valence-electron chi connectivity index (χ2n) is 4.11. The van der Waals surface area contributed by atoms with Gasteiger partial charge in [-0.1, -0.05) is 0 Å². The summed E-state index contributed by atoms with van der Waals surface area (Å²) in [5, 5.41) is 8.98. The fraction of sp³-hybridized carbons (Fsp3) is 0.455. The lowest BCUT2D eigenvalue weighted by Gasteiger charge is -2.21. The summed E-state index contributed by atoms with van der Waals surface area (Å²) in [6.45, 7) is 0.251. The van der Waals surface area contributed by atoms with Crippen LogP contribution < -0.4 is 5.69 Å². The van der Waals surface area contributed by atoms with Crippen molar-refractivity contribution in [1.29, 1.82) is 0 Å². The lowest BCUT2D eigenvalue weighted by molar-refractivity contribution is -0.148. The largest absolute Gasteiger partial charge is 0.480 e. The van der Waals surface area contributed by atoms with Crippen LogP contribution in [0.4, 0.5) is 0 Å². The van der Waals surface area contributed by atoms with Crippen LogP contribution in [0, 0.1) is 0 Å². The molecule has 1 amide bonds. The monoisotopic (exact) mass is 251 g/mol. The number of carboxylic acid groups (broad SMARTS) is 1. The van der Waals surface area contributed by atoms with E-state index in [0.717, 1.165) is 0 Å². The van der Waals surface area contributed by atoms with Gasteiger partial charge < -0.3 is 10.0 Å². The van der Waals surface area contributed by atoms with Gasteiger partial charge in [-0.3, -0.25) is 9.36 Å². The van der Waals surface area contributed by atoms with Crippen molar-refractivity contribution in [1.82, 2.24) is 14.5 Å². The third-order valence-electron chi connectivity index (χ3n) is 2.95. The van der Waals surface area contributed by atoms with Gasteiger partial charge in [0.15, 0.2) is 0 Å². The first-order valence-corrected chi connectivity index (χ1v) is 5.63. The van der Waals surface area contributed by atoms with Crippen molar-refractivity contribution in [3.05, 3.63) is 28.9 Å². The summed E-state index contributed by atoms with van der Waals surface area (Å²) in [7, 11) is 0. The molecule has 7 nitrogen and oxygen atoms in total. The van der Waals surface area contributed by atoms with Crippen LogP contribution in [-0.2, 0) is 16.1 Å². The Morgan fingerprint density at radius 2 is 2.28 bits per heavy atom. The van der Waals surface area contributed by atoms with Crippen LogP contribution >= 0.6 is 0 Å². The molecule has 1 unspecified atom stereocenters. The molecular formula is C11H13N3O4. The number of hydrogen-bond donors (Lipinski definition) is 1. The first-order chi connectivity index (χ1) is 8.59. The topological polar surface area (TPSA) is 92.5 Å². The van der Waals surface area contributed by atoms with Gasteiger partial charge in [-0.15, -0.1) is 0 Å². The molecule has 0 radical (unpaired) electrons. The second kappa shape index (κ2) is 4.99. The maximum absolute atomic E-state index is 12.0. The van der Waals surface area contributed by atoms with Crippen LogP contribution in [0.3, 0.4) is 0 Å². The van der Waals surface area contributed by atoms with E-state index in [1.165, 1.54) is 21.9 Å². The molecule has 1 aromatic heterocycles. The Bertz CT molecular complexity index is 525. The van der Waals surface area contributed by atoms with E-state index < -0.39 is 17.7 Å². The molecule has 1 N–H and O–H groups in total. The second-order valence-corrected chi connectivity index (χ2v) is 4.11. The van der Waals surface area contributed by atoms with E-state index in [9.17, 15) is 14.4 Å². The van der Waals surface area contributed by atoms with E-state index in [1.807, 2.05) is 0 Å². The Kier molecular flexibility index (Phi) is 3.40. The summed E-state index contributed by atoms with van der Waals surface area (Å²) in [6.07, 6.45) is 3.94. The van der Waals surface area contributed by atoms with E-state index >= 15 is 0 Å². The van der Waals surface area contributed by atoms with Crippen LogP contribution in [0.1, 0.15) is 12.8 Å². The standard InChI is InChI=1S/C11H13N3O4/c15-9(7-13-5-2-4-12-11(13)18)14-6-1-3-8(14)10(16)17/h2,4-5,8H,1,3,6-7H2,(H,16,17). The Morgan fingerprint density at radius 1 is 1.50 bits per heavy atom. The van der Waals surface area contributed by atoms with Gasteiger partial charge in [0.1, 0.15) is 12.6 Å². The normalized spacial score (nSPS) is 18.9. The van der Waals surface area contributed by atoms with Crippen LogP contribution in [0.5, 0.6) is 0 Å². The minimum absolute atomic E-state index is 0.170. The minimum Gasteiger partial charge on any atom is -0.480 e. The Hall–Kier alpha value is -2.18. The van der Waals surface area contributed by atoms with Crippen molar-refractivity contribution in [3.63, 3.8) is 0 Å². The van der Waals surface area contributed by atoms with Gasteiger partial charge in [-0.05, 0) is 18.9 Å². The zero-order valence-electron chi connectivity index (χ0n) is 9.65. The molecule has 2 heterocycles. The van der Waals surface area contributed by atoms with Crippen molar-refractivity contribution >= 4 is 11.9 Å². The van der Waals surface area contributed by atoms with Crippen LogP contribution in [0.2, 0.25) is 0 Å². The molecule has 1 aliphatic heterocycles. The molecular weight excluding hydrogens is 238 g/mol. The highest BCUT2D eigenvalue weighted by Crippen LogP contribution is 2.17. The number of carbonyl (C=O) groups excluding carboxylic acids is 1. The summed E-state index contributed by atoms with van der Waals surface area (Å²) < 4.78 is 1.17. The lowest BCUT2D eigenvalue weighted by atomic mass is 10.2. The average Bonchev–Trinajstić information content (AvgIpc) is 2.81. The molecule has 1 atom stereocenters. The molecule has 1 aromatic rings. The van der Waals surface area contributed by atoms with Gasteiger partial charge >= 0.3 is 11.7 Å². The molecule has 0 bridgehead atoms. The average molecular weight is 251 g/mol. The first kappa shape index (κ1) is 12.3. The molecule has 0 spiro atoms. The Balaban J connectivity index is 2.11. The highest BCUT2D eigenvalue weighted by molar-refractivity contribution is 5.84. The molecule has 96 valence electrons. The van der Waals surface area contributed by atoms with Gasteiger partial charge in [0.2, 0.25) is 5.91 Å². The van der Waals surface area contributed by atoms with E-state index in [4.69, 9.17) is 5.11 Å². The highest BCUT2D eigenvalue weighted by atomic mass is 16.4. The maximum atomic E-state index is 12.0. The zero-order valence-corrected chi connectivity index (χ0v) is 9.65. The predicted octanol–water partition coefficient (Wildman–Crippen LogP) is -0.681. The summed E-state index contributed by atoms with van der Waals surface area (Å²) in [5.41, 5.74) is -0.517. The van der Waals surface area contributed by atoms with Crippen LogP contribution in [-0.4, -0.2) is 44.0 Å². The fourth-order valence-electron chi connectivity index (χ4n) is 2.07.